The highest BCUT2D eigenvalue weighted by Crippen LogP contribution is 2.41. The standard InChI is InChI=1S/C20H35N3O5/c1-14(2)15(16(24)25)21(6)17(26)22-10-7-20(8-11-22)9-12-23(13-20)18(27)28-19(3,4)5/h14-15H,7-13H2,1-6H3,(H,24,25)/t15-/m0/s1. The van der Waals surface area contributed by atoms with Gasteiger partial charge in [0, 0.05) is 33.2 Å². The van der Waals surface area contributed by atoms with E-state index in [4.69, 9.17) is 4.74 Å². The van der Waals surface area contributed by atoms with Gasteiger partial charge in [0.15, 0.2) is 0 Å². The van der Waals surface area contributed by atoms with Crippen molar-refractivity contribution < 1.29 is 24.2 Å². The third kappa shape index (κ3) is 5.08. The van der Waals surface area contributed by atoms with Gasteiger partial charge < -0.3 is 24.5 Å². The average Bonchev–Trinajstić information content (AvgIpc) is 2.96. The number of amides is 3. The number of rotatable bonds is 3. The first-order valence-electron chi connectivity index (χ1n) is 10.1. The fraction of sp³-hybridized carbons (Fsp3) is 0.850. The fourth-order valence-corrected chi connectivity index (χ4v) is 4.24. The quantitative estimate of drug-likeness (QED) is 0.791. The van der Waals surface area contributed by atoms with Gasteiger partial charge in [-0.2, -0.15) is 0 Å². The van der Waals surface area contributed by atoms with E-state index in [-0.39, 0.29) is 23.5 Å². The highest BCUT2D eigenvalue weighted by atomic mass is 16.6. The topological polar surface area (TPSA) is 90.4 Å². The summed E-state index contributed by atoms with van der Waals surface area (Å²) in [6.07, 6.45) is 2.26. The third-order valence-corrected chi connectivity index (χ3v) is 5.79. The number of hydrogen-bond donors (Lipinski definition) is 1. The van der Waals surface area contributed by atoms with Gasteiger partial charge in [-0.1, -0.05) is 13.8 Å². The second-order valence-corrected chi connectivity index (χ2v) is 9.56. The van der Waals surface area contributed by atoms with E-state index in [0.29, 0.717) is 26.2 Å². The third-order valence-electron chi connectivity index (χ3n) is 5.79. The number of carboxylic acid groups (broad SMARTS) is 1. The van der Waals surface area contributed by atoms with Gasteiger partial charge in [-0.15, -0.1) is 0 Å². The summed E-state index contributed by atoms with van der Waals surface area (Å²) in [7, 11) is 1.56. The van der Waals surface area contributed by atoms with E-state index in [9.17, 15) is 19.5 Å². The minimum Gasteiger partial charge on any atom is -0.480 e. The number of carboxylic acids is 1. The molecule has 0 unspecified atom stereocenters. The monoisotopic (exact) mass is 397 g/mol. The zero-order chi connectivity index (χ0) is 21.3. The molecule has 8 heteroatoms. The van der Waals surface area contributed by atoms with Crippen LogP contribution in [0.4, 0.5) is 9.59 Å². The fourth-order valence-electron chi connectivity index (χ4n) is 4.24. The van der Waals surface area contributed by atoms with Gasteiger partial charge in [0.05, 0.1) is 0 Å². The lowest BCUT2D eigenvalue weighted by Gasteiger charge is -2.41. The van der Waals surface area contributed by atoms with Crippen LogP contribution in [0.15, 0.2) is 0 Å². The van der Waals surface area contributed by atoms with Gasteiger partial charge in [0.1, 0.15) is 11.6 Å². The molecule has 0 aromatic heterocycles. The van der Waals surface area contributed by atoms with Crippen LogP contribution in [0.1, 0.15) is 53.9 Å². The van der Waals surface area contributed by atoms with Gasteiger partial charge in [0.25, 0.3) is 0 Å². The van der Waals surface area contributed by atoms with Crippen LogP contribution < -0.4 is 0 Å². The maximum absolute atomic E-state index is 12.8. The summed E-state index contributed by atoms with van der Waals surface area (Å²) in [4.78, 5) is 41.5. The molecule has 2 heterocycles. The molecule has 0 aromatic carbocycles. The number of aliphatic carboxylic acids is 1. The molecule has 0 saturated carbocycles. The number of piperidine rings is 1. The lowest BCUT2D eigenvalue weighted by atomic mass is 9.78. The molecule has 8 nitrogen and oxygen atoms in total. The van der Waals surface area contributed by atoms with Crippen LogP contribution in [0, 0.1) is 11.3 Å². The van der Waals surface area contributed by atoms with Crippen molar-refractivity contribution in [1.82, 2.24) is 14.7 Å². The number of likely N-dealkylation sites (tertiary alicyclic amines) is 2. The van der Waals surface area contributed by atoms with Crippen LogP contribution >= 0.6 is 0 Å². The number of hydrogen-bond acceptors (Lipinski definition) is 4. The minimum atomic E-state index is -0.983. The Morgan fingerprint density at radius 2 is 1.54 bits per heavy atom. The first-order chi connectivity index (χ1) is 12.9. The van der Waals surface area contributed by atoms with E-state index >= 15 is 0 Å². The van der Waals surface area contributed by atoms with Crippen LogP contribution in [0.25, 0.3) is 0 Å². The summed E-state index contributed by atoms with van der Waals surface area (Å²) in [5, 5.41) is 9.43. The summed E-state index contributed by atoms with van der Waals surface area (Å²) in [5.41, 5.74) is -0.485. The Morgan fingerprint density at radius 3 is 1.96 bits per heavy atom. The molecular weight excluding hydrogens is 362 g/mol. The molecular formula is C20H35N3O5. The highest BCUT2D eigenvalue weighted by molar-refractivity contribution is 5.82. The van der Waals surface area contributed by atoms with E-state index in [0.717, 1.165) is 19.3 Å². The minimum absolute atomic E-state index is 0.0243. The van der Waals surface area contributed by atoms with Crippen molar-refractivity contribution in [3.63, 3.8) is 0 Å². The van der Waals surface area contributed by atoms with Gasteiger partial charge in [-0.25, -0.2) is 14.4 Å². The van der Waals surface area contributed by atoms with Gasteiger partial charge in [0.2, 0.25) is 0 Å². The van der Waals surface area contributed by atoms with E-state index < -0.39 is 17.6 Å². The van der Waals surface area contributed by atoms with E-state index in [1.54, 1.807) is 30.7 Å². The van der Waals surface area contributed by atoms with Crippen molar-refractivity contribution in [3.8, 4) is 0 Å². The lowest BCUT2D eigenvalue weighted by Crippen LogP contribution is -2.54. The molecule has 0 aliphatic carbocycles. The van der Waals surface area contributed by atoms with Crippen LogP contribution in [0.5, 0.6) is 0 Å². The Labute approximate surface area is 167 Å². The van der Waals surface area contributed by atoms with Crippen LogP contribution in [0.2, 0.25) is 0 Å². The molecule has 2 aliphatic rings. The Morgan fingerprint density at radius 1 is 1.04 bits per heavy atom. The van der Waals surface area contributed by atoms with E-state index in [1.807, 2.05) is 20.8 Å². The summed E-state index contributed by atoms with van der Waals surface area (Å²) in [6, 6.07) is -1.07. The Hall–Kier alpha value is -1.99. The molecule has 2 saturated heterocycles. The summed E-state index contributed by atoms with van der Waals surface area (Å²) >= 11 is 0. The largest absolute Gasteiger partial charge is 0.480 e. The highest BCUT2D eigenvalue weighted by Gasteiger charge is 2.44. The Balaban J connectivity index is 1.93. The van der Waals surface area contributed by atoms with Gasteiger partial charge >= 0.3 is 18.1 Å². The Bertz CT molecular complexity index is 605. The van der Waals surface area contributed by atoms with Crippen molar-refractivity contribution in [2.45, 2.75) is 65.5 Å². The van der Waals surface area contributed by atoms with Gasteiger partial charge in [-0.05, 0) is 51.4 Å². The molecule has 2 aliphatic heterocycles. The average molecular weight is 398 g/mol. The smallest absolute Gasteiger partial charge is 0.410 e. The lowest BCUT2D eigenvalue weighted by molar-refractivity contribution is -0.143. The molecule has 1 N–H and O–H groups in total. The summed E-state index contributed by atoms with van der Waals surface area (Å²) in [5.74, 6) is -1.15. The van der Waals surface area contributed by atoms with Crippen molar-refractivity contribution in [1.29, 1.82) is 0 Å². The Kier molecular flexibility index (Phi) is 6.51. The maximum Gasteiger partial charge on any atom is 0.410 e. The SMILES string of the molecule is CC(C)[C@@H](C(=O)O)N(C)C(=O)N1CCC2(CCN(C(=O)OC(C)(C)C)C2)CC1. The molecule has 3 amide bonds. The summed E-state index contributed by atoms with van der Waals surface area (Å²) < 4.78 is 5.48. The number of ether oxygens (including phenoxy) is 1. The first kappa shape index (κ1) is 22.3. The zero-order valence-electron chi connectivity index (χ0n) is 18.0. The number of urea groups is 1. The van der Waals surface area contributed by atoms with Crippen LogP contribution in [0.3, 0.4) is 0 Å². The maximum atomic E-state index is 12.8. The van der Waals surface area contributed by atoms with E-state index in [2.05, 4.69) is 0 Å². The molecule has 2 rings (SSSR count). The van der Waals surface area contributed by atoms with Crippen molar-refractivity contribution >= 4 is 18.1 Å². The number of carbonyl (C=O) groups excluding carboxylic acids is 2. The van der Waals surface area contributed by atoms with Crippen molar-refractivity contribution in [3.05, 3.63) is 0 Å². The molecule has 2 fully saturated rings. The first-order valence-corrected chi connectivity index (χ1v) is 10.1. The predicted octanol–water partition coefficient (Wildman–Crippen LogP) is 2.87. The molecule has 0 bridgehead atoms. The molecule has 0 aromatic rings. The normalized spacial score (nSPS) is 20.4. The summed E-state index contributed by atoms with van der Waals surface area (Å²) in [6.45, 7) is 11.7. The molecule has 1 spiro atoms. The molecule has 160 valence electrons. The number of nitrogens with zero attached hydrogens (tertiary/aromatic N) is 3. The number of carbonyl (C=O) groups is 3. The van der Waals surface area contributed by atoms with E-state index in [1.165, 1.54) is 4.90 Å². The number of likely N-dealkylation sites (N-methyl/N-ethyl adjacent to an activating group) is 1. The van der Waals surface area contributed by atoms with Crippen molar-refractivity contribution in [2.24, 2.45) is 11.3 Å². The van der Waals surface area contributed by atoms with Gasteiger partial charge in [-0.3, -0.25) is 0 Å². The second-order valence-electron chi connectivity index (χ2n) is 9.56. The molecule has 0 radical (unpaired) electrons. The molecule has 28 heavy (non-hydrogen) atoms. The van der Waals surface area contributed by atoms with Crippen LogP contribution in [-0.2, 0) is 9.53 Å². The second kappa shape index (κ2) is 8.17. The zero-order valence-corrected chi connectivity index (χ0v) is 18.0. The van der Waals surface area contributed by atoms with Crippen molar-refractivity contribution in [2.75, 3.05) is 33.2 Å². The molecule has 1 atom stereocenters. The van der Waals surface area contributed by atoms with Crippen LogP contribution in [-0.4, -0.2) is 82.8 Å². The predicted molar refractivity (Wildman–Crippen MR) is 105 cm³/mol.